The Bertz CT molecular complexity index is 1370. The number of para-hydroxylation sites is 1. The molecule has 172 valence electrons. The van der Waals surface area contributed by atoms with Crippen LogP contribution < -0.4 is 15.4 Å². The number of pyridine rings is 1. The fraction of sp³-hybridized carbons (Fsp3) is 0.167. The normalized spacial score (nSPS) is 13.0. The average Bonchev–Trinajstić information content (AvgIpc) is 3.57. The van der Waals surface area contributed by atoms with Crippen molar-refractivity contribution < 1.29 is 23.1 Å². The third-order valence-electron chi connectivity index (χ3n) is 5.10. The summed E-state index contributed by atoms with van der Waals surface area (Å²) >= 11 is 1.37. The highest BCUT2D eigenvalue weighted by Crippen LogP contribution is 2.32. The third kappa shape index (κ3) is 5.01. The van der Waals surface area contributed by atoms with Crippen molar-refractivity contribution in [3.8, 4) is 11.5 Å². The van der Waals surface area contributed by atoms with Gasteiger partial charge in [0.05, 0.1) is 22.3 Å². The first-order valence-electron chi connectivity index (χ1n) is 10.5. The van der Waals surface area contributed by atoms with Crippen molar-refractivity contribution in [3.63, 3.8) is 0 Å². The Hall–Kier alpha value is -3.92. The molecule has 10 heteroatoms. The van der Waals surface area contributed by atoms with Gasteiger partial charge >= 0.3 is 0 Å². The Balaban J connectivity index is 1.26. The van der Waals surface area contributed by atoms with Crippen molar-refractivity contribution in [2.75, 3.05) is 10.6 Å². The highest BCUT2D eigenvalue weighted by Gasteiger charge is 2.29. The van der Waals surface area contributed by atoms with Crippen LogP contribution in [-0.2, 0) is 16.0 Å². The molecule has 5 rings (SSSR count). The molecular weight excluding hydrogens is 462 g/mol. The number of nitrogens with zero attached hydrogens (tertiary/aromatic N) is 2. The SMILES string of the molecule is O=C(Cc1nc2ccccc2s1)Nc1cc(F)c(Oc2ccnc(NC(=O)C3CC3)c2)cc1F. The number of rotatable bonds is 7. The van der Waals surface area contributed by atoms with Crippen LogP contribution in [-0.4, -0.2) is 21.8 Å². The summed E-state index contributed by atoms with van der Waals surface area (Å²) in [6, 6.07) is 12.1. The second-order valence-electron chi connectivity index (χ2n) is 7.81. The molecule has 2 aromatic carbocycles. The van der Waals surface area contributed by atoms with Crippen LogP contribution in [0.3, 0.4) is 0 Å². The summed E-state index contributed by atoms with van der Waals surface area (Å²) in [5.41, 5.74) is 0.475. The summed E-state index contributed by atoms with van der Waals surface area (Å²) < 4.78 is 35.6. The molecule has 7 nitrogen and oxygen atoms in total. The molecule has 2 aromatic heterocycles. The van der Waals surface area contributed by atoms with E-state index in [0.717, 1.165) is 35.2 Å². The number of carbonyl (C=O) groups excluding carboxylic acids is 2. The van der Waals surface area contributed by atoms with Crippen LogP contribution in [0, 0.1) is 17.6 Å². The fourth-order valence-electron chi connectivity index (χ4n) is 3.27. The average molecular weight is 480 g/mol. The number of halogens is 2. The van der Waals surface area contributed by atoms with E-state index in [1.54, 1.807) is 0 Å². The molecule has 1 saturated carbocycles. The maximum atomic E-state index is 14.6. The van der Waals surface area contributed by atoms with Crippen LogP contribution in [0.1, 0.15) is 17.8 Å². The molecule has 2 amide bonds. The van der Waals surface area contributed by atoms with E-state index in [0.29, 0.717) is 5.01 Å². The van der Waals surface area contributed by atoms with Crippen molar-refractivity contribution in [1.82, 2.24) is 9.97 Å². The van der Waals surface area contributed by atoms with Gasteiger partial charge in [0.15, 0.2) is 17.4 Å². The number of anilines is 2. The predicted octanol–water partition coefficient (Wildman–Crippen LogP) is 5.29. The quantitative estimate of drug-likeness (QED) is 0.375. The monoisotopic (exact) mass is 480 g/mol. The maximum absolute atomic E-state index is 14.6. The first-order chi connectivity index (χ1) is 16.4. The Morgan fingerprint density at radius 3 is 2.68 bits per heavy atom. The van der Waals surface area contributed by atoms with E-state index in [2.05, 4.69) is 20.6 Å². The Kier molecular flexibility index (Phi) is 5.89. The maximum Gasteiger partial charge on any atom is 0.231 e. The number of hydrogen-bond donors (Lipinski definition) is 2. The van der Waals surface area contributed by atoms with Gasteiger partial charge in [-0.1, -0.05) is 12.1 Å². The lowest BCUT2D eigenvalue weighted by atomic mass is 10.2. The van der Waals surface area contributed by atoms with Gasteiger partial charge in [0, 0.05) is 30.3 Å². The minimum atomic E-state index is -0.864. The third-order valence-corrected chi connectivity index (χ3v) is 6.14. The lowest BCUT2D eigenvalue weighted by Gasteiger charge is -2.11. The topological polar surface area (TPSA) is 93.2 Å². The Morgan fingerprint density at radius 2 is 1.88 bits per heavy atom. The second-order valence-corrected chi connectivity index (χ2v) is 8.92. The van der Waals surface area contributed by atoms with Crippen molar-refractivity contribution in [3.05, 3.63) is 71.4 Å². The molecule has 34 heavy (non-hydrogen) atoms. The number of carbonyl (C=O) groups is 2. The summed E-state index contributed by atoms with van der Waals surface area (Å²) in [6.07, 6.45) is 3.01. The van der Waals surface area contributed by atoms with Gasteiger partial charge < -0.3 is 15.4 Å². The number of fused-ring (bicyclic) bond motifs is 1. The van der Waals surface area contributed by atoms with Gasteiger partial charge in [-0.2, -0.15) is 0 Å². The number of nitrogens with one attached hydrogen (secondary N) is 2. The van der Waals surface area contributed by atoms with E-state index in [1.165, 1.54) is 29.7 Å². The molecular formula is C24H18F2N4O3S. The fourth-order valence-corrected chi connectivity index (χ4v) is 4.24. The largest absolute Gasteiger partial charge is 0.454 e. The van der Waals surface area contributed by atoms with Gasteiger partial charge in [0.25, 0.3) is 0 Å². The van der Waals surface area contributed by atoms with Gasteiger partial charge in [-0.15, -0.1) is 11.3 Å². The van der Waals surface area contributed by atoms with E-state index in [4.69, 9.17) is 4.74 Å². The summed E-state index contributed by atoms with van der Waals surface area (Å²) in [5, 5.41) is 5.62. The highest BCUT2D eigenvalue weighted by molar-refractivity contribution is 7.18. The van der Waals surface area contributed by atoms with Crippen LogP contribution >= 0.6 is 11.3 Å². The zero-order chi connectivity index (χ0) is 23.7. The smallest absolute Gasteiger partial charge is 0.231 e. The lowest BCUT2D eigenvalue weighted by molar-refractivity contribution is -0.117. The van der Waals surface area contributed by atoms with Crippen molar-refractivity contribution >= 4 is 44.9 Å². The van der Waals surface area contributed by atoms with E-state index in [9.17, 15) is 18.4 Å². The number of hydrogen-bond acceptors (Lipinski definition) is 6. The zero-order valence-electron chi connectivity index (χ0n) is 17.7. The first-order valence-corrected chi connectivity index (χ1v) is 11.3. The molecule has 2 N–H and O–H groups in total. The molecule has 1 aliphatic rings. The molecule has 1 fully saturated rings. The number of benzene rings is 2. The molecule has 0 bridgehead atoms. The van der Waals surface area contributed by atoms with Gasteiger partial charge in [-0.05, 0) is 31.0 Å². The van der Waals surface area contributed by atoms with Crippen LogP contribution in [0.2, 0.25) is 0 Å². The van der Waals surface area contributed by atoms with Crippen LogP contribution in [0.4, 0.5) is 20.3 Å². The summed E-state index contributed by atoms with van der Waals surface area (Å²) in [6.45, 7) is 0. The molecule has 1 aliphatic carbocycles. The van der Waals surface area contributed by atoms with E-state index in [1.807, 2.05) is 24.3 Å². The van der Waals surface area contributed by atoms with Gasteiger partial charge in [0.1, 0.15) is 16.6 Å². The highest BCUT2D eigenvalue weighted by atomic mass is 32.1. The molecule has 0 aliphatic heterocycles. The molecule has 2 heterocycles. The zero-order valence-corrected chi connectivity index (χ0v) is 18.5. The molecule has 0 saturated heterocycles. The lowest BCUT2D eigenvalue weighted by Crippen LogP contribution is -2.15. The van der Waals surface area contributed by atoms with Gasteiger partial charge in [0.2, 0.25) is 11.8 Å². The van der Waals surface area contributed by atoms with Crippen molar-refractivity contribution in [2.45, 2.75) is 19.3 Å². The van der Waals surface area contributed by atoms with E-state index >= 15 is 0 Å². The predicted molar refractivity (Wildman–Crippen MR) is 124 cm³/mol. The van der Waals surface area contributed by atoms with E-state index < -0.39 is 17.5 Å². The molecule has 0 atom stereocenters. The molecule has 0 radical (unpaired) electrons. The Labute approximate surface area is 196 Å². The van der Waals surface area contributed by atoms with Gasteiger partial charge in [-0.3, -0.25) is 9.59 Å². The summed E-state index contributed by atoms with van der Waals surface area (Å²) in [4.78, 5) is 32.7. The van der Waals surface area contributed by atoms with E-state index in [-0.39, 0.29) is 41.3 Å². The standard InChI is InChI=1S/C24H18F2N4O3S/c25-15-11-19(33-14-7-8-27-21(9-14)30-24(32)13-5-6-13)16(26)10-18(15)28-22(31)12-23-29-17-3-1-2-4-20(17)34-23/h1-4,7-11,13H,5-6,12H2,(H,28,31)(H,27,30,32). The first kappa shape index (κ1) is 21.9. The number of aromatic nitrogens is 2. The summed E-state index contributed by atoms with van der Waals surface area (Å²) in [5.74, 6) is -2.31. The molecule has 0 spiro atoms. The summed E-state index contributed by atoms with van der Waals surface area (Å²) in [7, 11) is 0. The second kappa shape index (κ2) is 9.14. The minimum absolute atomic E-state index is 0.00433. The number of ether oxygens (including phenoxy) is 1. The Morgan fingerprint density at radius 1 is 1.06 bits per heavy atom. The van der Waals surface area contributed by atoms with Crippen LogP contribution in [0.5, 0.6) is 11.5 Å². The minimum Gasteiger partial charge on any atom is -0.454 e. The number of amides is 2. The van der Waals surface area contributed by atoms with Crippen molar-refractivity contribution in [1.29, 1.82) is 0 Å². The van der Waals surface area contributed by atoms with Gasteiger partial charge in [-0.25, -0.2) is 18.7 Å². The molecule has 0 unspecified atom stereocenters. The van der Waals surface area contributed by atoms with Crippen LogP contribution in [0.15, 0.2) is 54.7 Å². The van der Waals surface area contributed by atoms with Crippen LogP contribution in [0.25, 0.3) is 10.2 Å². The number of thiazole rings is 1. The molecule has 4 aromatic rings. The van der Waals surface area contributed by atoms with Crippen molar-refractivity contribution in [2.24, 2.45) is 5.92 Å².